The summed E-state index contributed by atoms with van der Waals surface area (Å²) in [5.41, 5.74) is 1.29. The van der Waals surface area contributed by atoms with Crippen LogP contribution in [0.2, 0.25) is 0 Å². The van der Waals surface area contributed by atoms with Gasteiger partial charge >= 0.3 is 11.9 Å². The number of hydrogen-bond acceptors (Lipinski definition) is 11. The average molecular weight is 610 g/mol. The van der Waals surface area contributed by atoms with Crippen LogP contribution in [0, 0.1) is 11.8 Å². The van der Waals surface area contributed by atoms with Crippen LogP contribution in [0.4, 0.5) is 0 Å². The fourth-order valence-corrected chi connectivity index (χ4v) is 4.72. The molecule has 234 valence electrons. The van der Waals surface area contributed by atoms with E-state index < -0.39 is 48.9 Å². The Balaban J connectivity index is 1.54. The molecule has 0 saturated carbocycles. The molecule has 2 saturated heterocycles. The van der Waals surface area contributed by atoms with Gasteiger partial charge in [-0.2, -0.15) is 0 Å². The molecule has 0 aliphatic carbocycles. The van der Waals surface area contributed by atoms with Gasteiger partial charge in [0.1, 0.15) is 42.3 Å². The van der Waals surface area contributed by atoms with Crippen molar-refractivity contribution < 1.29 is 52.6 Å². The molecule has 2 N–H and O–H groups in total. The van der Waals surface area contributed by atoms with Gasteiger partial charge in [0.25, 0.3) is 0 Å². The van der Waals surface area contributed by atoms with Gasteiger partial charge in [0.2, 0.25) is 5.91 Å². The predicted octanol–water partition coefficient (Wildman–Crippen LogP) is 2.40. The van der Waals surface area contributed by atoms with Gasteiger partial charge in [-0.15, -0.1) is 0 Å². The van der Waals surface area contributed by atoms with Crippen LogP contribution >= 0.6 is 0 Å². The first-order valence-electron chi connectivity index (χ1n) is 13.9. The highest BCUT2D eigenvalue weighted by Gasteiger charge is 2.51. The molecule has 12 heteroatoms. The Morgan fingerprint density at radius 2 is 1.89 bits per heavy atom. The standard InChI is InChI=1S/C32H35NO11/c1-5-39-29(36)19(2)17-41-28-26(33-20(3)34)32(40-15-9-10-21-13-14-24(35)23(16-21)30(37)38-4)43-25-18-42-31(44-27(25)28)22-11-7-6-8-12-22/h6-8,11-14,16,25-28,31-32,35H,2,5,15,17-18H2,1,3-4H3,(H,33,34)/t25-,26+,27-,28-,31-,32-/m1/s1. The van der Waals surface area contributed by atoms with E-state index in [2.05, 4.69) is 28.5 Å². The first kappa shape index (κ1) is 32.7. The summed E-state index contributed by atoms with van der Waals surface area (Å²) >= 11 is 0. The summed E-state index contributed by atoms with van der Waals surface area (Å²) in [6.07, 6.45) is -3.99. The largest absolute Gasteiger partial charge is 0.507 e. The van der Waals surface area contributed by atoms with Crippen LogP contribution in [0.1, 0.15) is 41.6 Å². The normalized spacial score (nSPS) is 24.2. The lowest BCUT2D eigenvalue weighted by Gasteiger charge is -2.49. The van der Waals surface area contributed by atoms with Crippen LogP contribution in [-0.2, 0) is 42.7 Å². The first-order valence-corrected chi connectivity index (χ1v) is 13.9. The van der Waals surface area contributed by atoms with Gasteiger partial charge in [0.05, 0.1) is 32.5 Å². The van der Waals surface area contributed by atoms with Crippen molar-refractivity contribution in [3.8, 4) is 17.6 Å². The van der Waals surface area contributed by atoms with Gasteiger partial charge in [-0.3, -0.25) is 4.79 Å². The van der Waals surface area contributed by atoms with Crippen LogP contribution in [0.5, 0.6) is 5.75 Å². The number of ether oxygens (including phenoxy) is 7. The van der Waals surface area contributed by atoms with Gasteiger partial charge in [0.15, 0.2) is 12.6 Å². The summed E-state index contributed by atoms with van der Waals surface area (Å²) in [5, 5.41) is 12.8. The van der Waals surface area contributed by atoms with E-state index in [1.807, 2.05) is 30.3 Å². The van der Waals surface area contributed by atoms with E-state index in [9.17, 15) is 19.5 Å². The van der Waals surface area contributed by atoms with Gasteiger partial charge in [0, 0.05) is 18.1 Å². The van der Waals surface area contributed by atoms with Crippen LogP contribution in [0.15, 0.2) is 60.7 Å². The third-order valence-corrected chi connectivity index (χ3v) is 6.75. The number of hydrogen-bond donors (Lipinski definition) is 2. The lowest BCUT2D eigenvalue weighted by atomic mass is 9.95. The molecule has 6 atom stereocenters. The van der Waals surface area contributed by atoms with E-state index in [1.165, 1.54) is 32.2 Å². The molecule has 2 aliphatic rings. The van der Waals surface area contributed by atoms with E-state index in [-0.39, 0.29) is 49.2 Å². The van der Waals surface area contributed by atoms with Crippen molar-refractivity contribution in [2.45, 2.75) is 50.8 Å². The number of phenolic OH excluding ortho intramolecular Hbond substituents is 1. The second kappa shape index (κ2) is 15.5. The highest BCUT2D eigenvalue weighted by atomic mass is 16.7. The SMILES string of the molecule is C=C(CO[C@@H]1[C@H](NC(C)=O)[C@H](OCC#Cc2ccc(O)c(C(=O)OC)c2)O[C@@H]2CO[C@@H](c3ccccc3)O[C@@H]12)C(=O)OCC. The van der Waals surface area contributed by atoms with E-state index in [4.69, 9.17) is 28.4 Å². The summed E-state index contributed by atoms with van der Waals surface area (Å²) in [7, 11) is 1.21. The van der Waals surface area contributed by atoms with Crippen molar-refractivity contribution in [2.24, 2.45) is 0 Å². The topological polar surface area (TPSA) is 148 Å². The fourth-order valence-electron chi connectivity index (χ4n) is 4.72. The maximum atomic E-state index is 12.3. The maximum absolute atomic E-state index is 12.3. The summed E-state index contributed by atoms with van der Waals surface area (Å²) < 4.78 is 40.3. The molecule has 0 radical (unpaired) electrons. The summed E-state index contributed by atoms with van der Waals surface area (Å²) in [6, 6.07) is 12.7. The number of nitrogens with one attached hydrogen (secondary N) is 1. The zero-order valence-electron chi connectivity index (χ0n) is 24.6. The molecule has 4 rings (SSSR count). The molecule has 12 nitrogen and oxygen atoms in total. The molecule has 44 heavy (non-hydrogen) atoms. The molecule has 0 spiro atoms. The number of fused-ring (bicyclic) bond motifs is 1. The summed E-state index contributed by atoms with van der Waals surface area (Å²) in [5.74, 6) is 3.80. The zero-order chi connectivity index (χ0) is 31.6. The number of aromatic hydroxyl groups is 1. The quantitative estimate of drug-likeness (QED) is 0.232. The highest BCUT2D eigenvalue weighted by molar-refractivity contribution is 5.92. The zero-order valence-corrected chi connectivity index (χ0v) is 24.6. The third kappa shape index (κ3) is 8.22. The molecule has 0 unspecified atom stereocenters. The van der Waals surface area contributed by atoms with Crippen molar-refractivity contribution in [3.05, 3.63) is 77.4 Å². The Morgan fingerprint density at radius 1 is 1.11 bits per heavy atom. The molecule has 2 heterocycles. The Morgan fingerprint density at radius 3 is 2.59 bits per heavy atom. The van der Waals surface area contributed by atoms with Crippen molar-refractivity contribution in [1.29, 1.82) is 0 Å². The first-order chi connectivity index (χ1) is 21.2. The molecule has 2 aliphatic heterocycles. The molecular weight excluding hydrogens is 574 g/mol. The number of phenols is 1. The Bertz CT molecular complexity index is 1400. The van der Waals surface area contributed by atoms with Gasteiger partial charge in [-0.05, 0) is 25.1 Å². The molecule has 2 aromatic rings. The monoisotopic (exact) mass is 609 g/mol. The minimum Gasteiger partial charge on any atom is -0.507 e. The number of rotatable bonds is 10. The smallest absolute Gasteiger partial charge is 0.341 e. The molecule has 2 fully saturated rings. The predicted molar refractivity (Wildman–Crippen MR) is 154 cm³/mol. The number of benzene rings is 2. The Labute approximate surface area is 255 Å². The van der Waals surface area contributed by atoms with E-state index in [0.29, 0.717) is 5.56 Å². The van der Waals surface area contributed by atoms with Crippen LogP contribution in [0.3, 0.4) is 0 Å². The summed E-state index contributed by atoms with van der Waals surface area (Å²) in [6.45, 7) is 6.78. The lowest BCUT2D eigenvalue weighted by molar-refractivity contribution is -0.346. The second-order valence-corrected chi connectivity index (χ2v) is 9.88. The minimum atomic E-state index is -1.04. The van der Waals surface area contributed by atoms with E-state index in [1.54, 1.807) is 6.92 Å². The van der Waals surface area contributed by atoms with Crippen LogP contribution in [0.25, 0.3) is 0 Å². The Hall–Kier alpha value is -4.25. The molecule has 0 bridgehead atoms. The van der Waals surface area contributed by atoms with Crippen molar-refractivity contribution in [1.82, 2.24) is 5.32 Å². The van der Waals surface area contributed by atoms with Gasteiger partial charge < -0.3 is 43.6 Å². The minimum absolute atomic E-state index is 0.0249. The highest BCUT2D eigenvalue weighted by Crippen LogP contribution is 2.36. The lowest BCUT2D eigenvalue weighted by Crippen LogP contribution is -2.67. The van der Waals surface area contributed by atoms with E-state index in [0.717, 1.165) is 5.56 Å². The van der Waals surface area contributed by atoms with Crippen molar-refractivity contribution in [2.75, 3.05) is 33.5 Å². The second-order valence-electron chi connectivity index (χ2n) is 9.88. The van der Waals surface area contributed by atoms with E-state index >= 15 is 0 Å². The molecule has 0 aromatic heterocycles. The Kier molecular flexibility index (Phi) is 11.5. The number of carbonyl (C=O) groups excluding carboxylic acids is 3. The number of amides is 1. The number of carbonyl (C=O) groups is 3. The third-order valence-electron chi connectivity index (χ3n) is 6.75. The fraction of sp³-hybridized carbons (Fsp3) is 0.406. The van der Waals surface area contributed by atoms with Crippen molar-refractivity contribution in [3.63, 3.8) is 0 Å². The van der Waals surface area contributed by atoms with Gasteiger partial charge in [-0.25, -0.2) is 9.59 Å². The average Bonchev–Trinajstić information content (AvgIpc) is 3.02. The molecule has 2 aromatic carbocycles. The molecular formula is C32H35NO11. The van der Waals surface area contributed by atoms with Gasteiger partial charge in [-0.1, -0.05) is 48.8 Å². The number of esters is 2. The number of methoxy groups -OCH3 is 1. The molecule has 1 amide bonds. The van der Waals surface area contributed by atoms with Crippen LogP contribution < -0.4 is 5.32 Å². The van der Waals surface area contributed by atoms with Crippen LogP contribution in [-0.4, -0.2) is 87.1 Å². The van der Waals surface area contributed by atoms with Crippen molar-refractivity contribution >= 4 is 17.8 Å². The summed E-state index contributed by atoms with van der Waals surface area (Å²) in [4.78, 5) is 36.4. The maximum Gasteiger partial charge on any atom is 0.341 e.